The molecule has 3 heteroatoms. The zero-order valence-corrected chi connectivity index (χ0v) is 11.7. The third kappa shape index (κ3) is 4.15. The summed E-state index contributed by atoms with van der Waals surface area (Å²) in [5, 5.41) is 3.24. The Balaban J connectivity index is 2.46. The minimum absolute atomic E-state index is 0.216. The second-order valence-corrected chi connectivity index (χ2v) is 6.07. The topological polar surface area (TPSA) is 32.3 Å². The highest BCUT2D eigenvalue weighted by atomic mass is 16.2. The number of nitrogens with one attached hydrogen (secondary N) is 1. The monoisotopic (exact) mass is 238 g/mol. The van der Waals surface area contributed by atoms with Crippen molar-refractivity contribution in [2.75, 3.05) is 26.2 Å². The number of hydrogen-bond acceptors (Lipinski definition) is 2. The molecule has 0 aromatic rings. The smallest absolute Gasteiger partial charge is 0.223 e. The molecule has 0 radical (unpaired) electrons. The minimum Gasteiger partial charge on any atom is -0.338 e. The maximum atomic E-state index is 11.9. The Hall–Kier alpha value is -0.830. The van der Waals surface area contributed by atoms with E-state index in [9.17, 15) is 4.79 Å². The number of rotatable bonds is 5. The zero-order chi connectivity index (χ0) is 13.1. The molecule has 1 atom stereocenters. The summed E-state index contributed by atoms with van der Waals surface area (Å²) in [6.45, 7) is 16.1. The lowest BCUT2D eigenvalue weighted by molar-refractivity contribution is -0.127. The van der Waals surface area contributed by atoms with E-state index < -0.39 is 0 Å². The molecule has 1 rings (SSSR count). The highest BCUT2D eigenvalue weighted by Gasteiger charge is 2.36. The summed E-state index contributed by atoms with van der Waals surface area (Å²) in [5.41, 5.74) is 1.31. The van der Waals surface area contributed by atoms with E-state index in [1.165, 1.54) is 0 Å². The van der Waals surface area contributed by atoms with E-state index in [0.717, 1.165) is 25.2 Å². The van der Waals surface area contributed by atoms with Crippen LogP contribution < -0.4 is 5.32 Å². The van der Waals surface area contributed by atoms with E-state index in [1.54, 1.807) is 0 Å². The third-order valence-electron chi connectivity index (χ3n) is 3.48. The standard InChI is InChI=1S/C14H26N2O/c1-6-15-8-11(2)9-16-10-12(7-13(16)17)14(3,4)5/h12,15H,2,6-10H2,1,3-5H3. The quantitative estimate of drug-likeness (QED) is 0.743. The summed E-state index contributed by atoms with van der Waals surface area (Å²) >= 11 is 0. The van der Waals surface area contributed by atoms with Gasteiger partial charge in [-0.05, 0) is 23.5 Å². The molecule has 1 heterocycles. The van der Waals surface area contributed by atoms with Gasteiger partial charge in [0.2, 0.25) is 5.91 Å². The Morgan fingerprint density at radius 3 is 2.65 bits per heavy atom. The zero-order valence-electron chi connectivity index (χ0n) is 11.7. The van der Waals surface area contributed by atoms with Crippen molar-refractivity contribution in [2.24, 2.45) is 11.3 Å². The molecule has 17 heavy (non-hydrogen) atoms. The van der Waals surface area contributed by atoms with Crippen molar-refractivity contribution in [3.8, 4) is 0 Å². The maximum Gasteiger partial charge on any atom is 0.223 e. The number of likely N-dealkylation sites (tertiary alicyclic amines) is 1. The van der Waals surface area contributed by atoms with E-state index in [4.69, 9.17) is 0 Å². The van der Waals surface area contributed by atoms with E-state index in [0.29, 0.717) is 18.9 Å². The lowest BCUT2D eigenvalue weighted by Crippen LogP contribution is -2.31. The number of nitrogens with zero attached hydrogens (tertiary/aromatic N) is 1. The average Bonchev–Trinajstić information content (AvgIpc) is 2.57. The fourth-order valence-electron chi connectivity index (χ4n) is 2.13. The van der Waals surface area contributed by atoms with Crippen LogP contribution in [0.25, 0.3) is 0 Å². The van der Waals surface area contributed by atoms with Gasteiger partial charge in [-0.15, -0.1) is 0 Å². The average molecular weight is 238 g/mol. The van der Waals surface area contributed by atoms with Crippen LogP contribution in [0, 0.1) is 11.3 Å². The van der Waals surface area contributed by atoms with Crippen LogP contribution in [0.2, 0.25) is 0 Å². The van der Waals surface area contributed by atoms with Gasteiger partial charge in [0.05, 0.1) is 0 Å². The number of carbonyl (C=O) groups is 1. The molecule has 0 saturated carbocycles. The second-order valence-electron chi connectivity index (χ2n) is 6.07. The van der Waals surface area contributed by atoms with Gasteiger partial charge < -0.3 is 10.2 Å². The number of likely N-dealkylation sites (N-methyl/N-ethyl adjacent to an activating group) is 1. The SMILES string of the molecule is C=C(CNCC)CN1CC(C(C)(C)C)CC1=O. The molecule has 98 valence electrons. The van der Waals surface area contributed by atoms with Gasteiger partial charge in [0.1, 0.15) is 0 Å². The number of hydrogen-bond donors (Lipinski definition) is 1. The predicted molar refractivity (Wildman–Crippen MR) is 71.8 cm³/mol. The van der Waals surface area contributed by atoms with Crippen LogP contribution in [0.15, 0.2) is 12.2 Å². The van der Waals surface area contributed by atoms with Crippen molar-refractivity contribution in [1.29, 1.82) is 0 Å². The van der Waals surface area contributed by atoms with E-state index in [1.807, 2.05) is 4.90 Å². The normalized spacial score (nSPS) is 21.1. The lowest BCUT2D eigenvalue weighted by atomic mass is 9.80. The summed E-state index contributed by atoms with van der Waals surface area (Å²) in [5.74, 6) is 0.754. The molecule has 1 aliphatic heterocycles. The van der Waals surface area contributed by atoms with Gasteiger partial charge in [-0.3, -0.25) is 4.79 Å². The second kappa shape index (κ2) is 5.67. The maximum absolute atomic E-state index is 11.9. The molecule has 0 aromatic carbocycles. The Kier molecular flexibility index (Phi) is 4.75. The summed E-state index contributed by atoms with van der Waals surface area (Å²) in [6.07, 6.45) is 0.692. The highest BCUT2D eigenvalue weighted by Crippen LogP contribution is 2.34. The van der Waals surface area contributed by atoms with Gasteiger partial charge in [-0.25, -0.2) is 0 Å². The molecule has 3 nitrogen and oxygen atoms in total. The van der Waals surface area contributed by atoms with Crippen LogP contribution >= 0.6 is 0 Å². The van der Waals surface area contributed by atoms with E-state index >= 15 is 0 Å². The molecule has 0 aromatic heterocycles. The van der Waals surface area contributed by atoms with Crippen LogP contribution in [0.4, 0.5) is 0 Å². The fourth-order valence-corrected chi connectivity index (χ4v) is 2.13. The molecule has 0 spiro atoms. The molecule has 1 unspecified atom stereocenters. The first-order chi connectivity index (χ1) is 7.84. The Morgan fingerprint density at radius 1 is 1.53 bits per heavy atom. The predicted octanol–water partition coefficient (Wildman–Crippen LogP) is 2.05. The van der Waals surface area contributed by atoms with Crippen LogP contribution in [-0.2, 0) is 4.79 Å². The van der Waals surface area contributed by atoms with Gasteiger partial charge >= 0.3 is 0 Å². The molecule has 0 aliphatic carbocycles. The molecule has 1 saturated heterocycles. The fraction of sp³-hybridized carbons (Fsp3) is 0.786. The largest absolute Gasteiger partial charge is 0.338 e. The van der Waals surface area contributed by atoms with Crippen molar-refractivity contribution in [3.05, 3.63) is 12.2 Å². The Labute approximate surface area is 105 Å². The number of amides is 1. The van der Waals surface area contributed by atoms with Crippen molar-refractivity contribution >= 4 is 5.91 Å². The van der Waals surface area contributed by atoms with Gasteiger partial charge in [0.15, 0.2) is 0 Å². The molecular weight excluding hydrogens is 212 g/mol. The van der Waals surface area contributed by atoms with E-state index in [-0.39, 0.29) is 11.3 Å². The number of carbonyl (C=O) groups excluding carboxylic acids is 1. The summed E-state index contributed by atoms with van der Waals surface area (Å²) in [4.78, 5) is 13.9. The molecule has 1 N–H and O–H groups in total. The molecular formula is C14H26N2O. The van der Waals surface area contributed by atoms with Gasteiger partial charge in [0.25, 0.3) is 0 Å². The Bertz CT molecular complexity index is 291. The lowest BCUT2D eigenvalue weighted by Gasteiger charge is -2.26. The van der Waals surface area contributed by atoms with Gasteiger partial charge in [0, 0.05) is 26.1 Å². The summed E-state index contributed by atoms with van der Waals surface area (Å²) in [6, 6.07) is 0. The molecule has 1 aliphatic rings. The Morgan fingerprint density at radius 2 is 2.18 bits per heavy atom. The minimum atomic E-state index is 0.216. The van der Waals surface area contributed by atoms with Crippen molar-refractivity contribution in [3.63, 3.8) is 0 Å². The molecule has 0 bridgehead atoms. The summed E-state index contributed by atoms with van der Waals surface area (Å²) < 4.78 is 0. The van der Waals surface area contributed by atoms with Gasteiger partial charge in [-0.1, -0.05) is 34.3 Å². The first-order valence-electron chi connectivity index (χ1n) is 6.49. The van der Waals surface area contributed by atoms with Crippen LogP contribution in [0.3, 0.4) is 0 Å². The molecule has 1 amide bonds. The first kappa shape index (κ1) is 14.2. The third-order valence-corrected chi connectivity index (χ3v) is 3.48. The van der Waals surface area contributed by atoms with Crippen molar-refractivity contribution < 1.29 is 4.79 Å². The van der Waals surface area contributed by atoms with Crippen molar-refractivity contribution in [1.82, 2.24) is 10.2 Å². The van der Waals surface area contributed by atoms with Gasteiger partial charge in [-0.2, -0.15) is 0 Å². The highest BCUT2D eigenvalue weighted by molar-refractivity contribution is 5.79. The van der Waals surface area contributed by atoms with Crippen molar-refractivity contribution in [2.45, 2.75) is 34.1 Å². The first-order valence-corrected chi connectivity index (χ1v) is 6.49. The van der Waals surface area contributed by atoms with Crippen LogP contribution in [0.5, 0.6) is 0 Å². The van der Waals surface area contributed by atoms with Crippen LogP contribution in [0.1, 0.15) is 34.1 Å². The molecule has 1 fully saturated rings. The summed E-state index contributed by atoms with van der Waals surface area (Å²) in [7, 11) is 0. The van der Waals surface area contributed by atoms with Crippen LogP contribution in [-0.4, -0.2) is 37.0 Å². The van der Waals surface area contributed by atoms with E-state index in [2.05, 4.69) is 39.6 Å².